The quantitative estimate of drug-likeness (QED) is 0.728. The topological polar surface area (TPSA) is 95.6 Å². The zero-order valence-electron chi connectivity index (χ0n) is 17.9. The molecule has 1 aromatic rings. The Morgan fingerprint density at radius 1 is 1.00 bits per heavy atom. The average molecular weight is 424 g/mol. The maximum absolute atomic E-state index is 13.1. The van der Waals surface area contributed by atoms with Gasteiger partial charge in [-0.15, -0.1) is 0 Å². The summed E-state index contributed by atoms with van der Waals surface area (Å²) < 4.78 is 0. The molecule has 0 radical (unpaired) electrons. The molecule has 31 heavy (non-hydrogen) atoms. The molecule has 1 spiro atoms. The van der Waals surface area contributed by atoms with Crippen LogP contribution >= 0.6 is 0 Å². The maximum Gasteiger partial charge on any atom is 0.262 e. The van der Waals surface area contributed by atoms with Gasteiger partial charge >= 0.3 is 0 Å². The van der Waals surface area contributed by atoms with Crippen LogP contribution in [0.5, 0.6) is 0 Å². The lowest BCUT2D eigenvalue weighted by atomic mass is 9.75. The predicted octanol–water partition coefficient (Wildman–Crippen LogP) is 2.36. The van der Waals surface area contributed by atoms with E-state index in [1.165, 1.54) is 32.1 Å². The smallest absolute Gasteiger partial charge is 0.262 e. The Bertz CT molecular complexity index is 966. The molecule has 1 aromatic carbocycles. The van der Waals surface area contributed by atoms with E-state index < -0.39 is 23.8 Å². The third kappa shape index (κ3) is 3.39. The number of imide groups is 2. The first-order chi connectivity index (χ1) is 14.9. The highest BCUT2D eigenvalue weighted by Gasteiger charge is 2.45. The lowest BCUT2D eigenvalue weighted by molar-refractivity contribution is -0.136. The van der Waals surface area contributed by atoms with Gasteiger partial charge in [0.1, 0.15) is 6.04 Å². The van der Waals surface area contributed by atoms with Crippen LogP contribution in [0.25, 0.3) is 0 Å². The fourth-order valence-corrected chi connectivity index (χ4v) is 6.13. The molecular weight excluding hydrogens is 394 g/mol. The molecule has 3 atom stereocenters. The van der Waals surface area contributed by atoms with Crippen LogP contribution < -0.4 is 10.6 Å². The fraction of sp³-hybridized carbons (Fsp3) is 0.583. The van der Waals surface area contributed by atoms with E-state index in [-0.39, 0.29) is 18.7 Å². The van der Waals surface area contributed by atoms with E-state index >= 15 is 0 Å². The van der Waals surface area contributed by atoms with E-state index in [4.69, 9.17) is 0 Å². The summed E-state index contributed by atoms with van der Waals surface area (Å²) in [5.41, 5.74) is 2.29. The van der Waals surface area contributed by atoms with E-state index in [1.807, 2.05) is 12.1 Å². The van der Waals surface area contributed by atoms with E-state index in [0.29, 0.717) is 28.4 Å². The van der Waals surface area contributed by atoms with E-state index in [2.05, 4.69) is 17.6 Å². The molecule has 0 bridgehead atoms. The summed E-state index contributed by atoms with van der Waals surface area (Å²) in [6.45, 7) is 4.44. The number of amides is 4. The first-order valence-corrected chi connectivity index (χ1v) is 11.4. The molecule has 3 fully saturated rings. The van der Waals surface area contributed by atoms with Crippen molar-refractivity contribution in [1.82, 2.24) is 15.5 Å². The van der Waals surface area contributed by atoms with Gasteiger partial charge in [0.05, 0.1) is 11.1 Å². The summed E-state index contributed by atoms with van der Waals surface area (Å²) in [4.78, 5) is 50.8. The molecule has 3 unspecified atom stereocenters. The molecule has 3 heterocycles. The molecule has 2 N–H and O–H groups in total. The molecule has 7 heteroatoms. The number of nitrogens with zero attached hydrogens (tertiary/aromatic N) is 1. The predicted molar refractivity (Wildman–Crippen MR) is 113 cm³/mol. The summed E-state index contributed by atoms with van der Waals surface area (Å²) >= 11 is 0. The first kappa shape index (κ1) is 20.4. The van der Waals surface area contributed by atoms with Gasteiger partial charge in [-0.25, -0.2) is 0 Å². The minimum absolute atomic E-state index is 0.130. The summed E-state index contributed by atoms with van der Waals surface area (Å²) in [6.07, 6.45) is 6.50. The third-order valence-corrected chi connectivity index (χ3v) is 8.10. The van der Waals surface area contributed by atoms with Gasteiger partial charge < -0.3 is 5.32 Å². The highest BCUT2D eigenvalue weighted by Crippen LogP contribution is 2.52. The van der Waals surface area contributed by atoms with Gasteiger partial charge in [-0.3, -0.25) is 29.4 Å². The molecule has 7 nitrogen and oxygen atoms in total. The van der Waals surface area contributed by atoms with Crippen LogP contribution in [-0.4, -0.2) is 47.7 Å². The number of fused-ring (bicyclic) bond motifs is 1. The number of benzene rings is 1. The highest BCUT2D eigenvalue weighted by molar-refractivity contribution is 6.23. The number of hydrogen-bond acceptors (Lipinski definition) is 5. The standard InChI is InChI=1S/C24H29N3O4/c1-14(16-6-7-24(13-16)8-10-25-11-9-24)15-2-3-17-18(12-15)23(31)27(22(17)30)19-4-5-20(28)26-21(19)29/h2-3,12,14,16,19,25H,4-11,13H2,1H3,(H,26,28,29). The molecule has 4 aliphatic rings. The molecule has 4 amide bonds. The summed E-state index contributed by atoms with van der Waals surface area (Å²) in [7, 11) is 0. The Kier molecular flexibility index (Phi) is 4.96. The van der Waals surface area contributed by atoms with Crippen molar-refractivity contribution >= 4 is 23.6 Å². The van der Waals surface area contributed by atoms with Crippen molar-refractivity contribution < 1.29 is 19.2 Å². The van der Waals surface area contributed by atoms with Crippen LogP contribution in [0.1, 0.15) is 84.1 Å². The van der Waals surface area contributed by atoms with Crippen LogP contribution in [0.3, 0.4) is 0 Å². The normalized spacial score (nSPS) is 28.7. The Morgan fingerprint density at radius 3 is 2.48 bits per heavy atom. The Balaban J connectivity index is 1.35. The fourth-order valence-electron chi connectivity index (χ4n) is 6.13. The largest absolute Gasteiger partial charge is 0.317 e. The average Bonchev–Trinajstić information content (AvgIpc) is 3.27. The van der Waals surface area contributed by atoms with Crippen molar-refractivity contribution in [2.45, 2.75) is 63.8 Å². The minimum Gasteiger partial charge on any atom is -0.317 e. The number of carbonyl (C=O) groups excluding carboxylic acids is 4. The summed E-state index contributed by atoms with van der Waals surface area (Å²) in [5, 5.41) is 5.71. The van der Waals surface area contributed by atoms with E-state index in [1.54, 1.807) is 6.07 Å². The van der Waals surface area contributed by atoms with Gasteiger partial charge in [-0.05, 0) is 86.6 Å². The van der Waals surface area contributed by atoms with Crippen molar-refractivity contribution in [2.24, 2.45) is 11.3 Å². The summed E-state index contributed by atoms with van der Waals surface area (Å²) in [6, 6.07) is 4.65. The van der Waals surface area contributed by atoms with Gasteiger partial charge in [0.15, 0.2) is 0 Å². The van der Waals surface area contributed by atoms with Crippen molar-refractivity contribution in [3.05, 3.63) is 34.9 Å². The molecule has 2 saturated heterocycles. The summed E-state index contributed by atoms with van der Waals surface area (Å²) in [5.74, 6) is -0.913. The van der Waals surface area contributed by atoms with Crippen molar-refractivity contribution in [1.29, 1.82) is 0 Å². The first-order valence-electron chi connectivity index (χ1n) is 11.4. The Hall–Kier alpha value is -2.54. The minimum atomic E-state index is -0.916. The maximum atomic E-state index is 13.1. The Labute approximate surface area is 181 Å². The van der Waals surface area contributed by atoms with Gasteiger partial charge in [0, 0.05) is 6.42 Å². The molecular formula is C24H29N3O4. The zero-order valence-corrected chi connectivity index (χ0v) is 17.9. The molecule has 164 valence electrons. The number of piperidine rings is 2. The second-order valence-corrected chi connectivity index (χ2v) is 9.79. The van der Waals surface area contributed by atoms with Crippen molar-refractivity contribution in [3.8, 4) is 0 Å². The van der Waals surface area contributed by atoms with Crippen LogP contribution in [0.2, 0.25) is 0 Å². The highest BCUT2D eigenvalue weighted by atomic mass is 16.2. The number of nitrogens with one attached hydrogen (secondary N) is 2. The SMILES string of the molecule is CC(c1ccc2c(c1)C(=O)N(C1CCC(=O)NC1=O)C2=O)C1CCC2(CCNCC2)C1. The molecule has 1 saturated carbocycles. The van der Waals surface area contributed by atoms with E-state index in [9.17, 15) is 19.2 Å². The number of hydrogen-bond donors (Lipinski definition) is 2. The second-order valence-electron chi connectivity index (χ2n) is 9.79. The monoisotopic (exact) mass is 423 g/mol. The third-order valence-electron chi connectivity index (χ3n) is 8.10. The van der Waals surface area contributed by atoms with Gasteiger partial charge in [-0.1, -0.05) is 13.0 Å². The van der Waals surface area contributed by atoms with Gasteiger partial charge in [-0.2, -0.15) is 0 Å². The molecule has 3 aliphatic heterocycles. The van der Waals surface area contributed by atoms with Crippen LogP contribution in [0.15, 0.2) is 18.2 Å². The van der Waals surface area contributed by atoms with Crippen molar-refractivity contribution in [3.63, 3.8) is 0 Å². The van der Waals surface area contributed by atoms with Crippen LogP contribution in [0.4, 0.5) is 0 Å². The van der Waals surface area contributed by atoms with Crippen molar-refractivity contribution in [2.75, 3.05) is 13.1 Å². The van der Waals surface area contributed by atoms with Crippen LogP contribution in [-0.2, 0) is 9.59 Å². The molecule has 0 aromatic heterocycles. The number of rotatable bonds is 3. The lowest BCUT2D eigenvalue weighted by Gasteiger charge is -2.34. The lowest BCUT2D eigenvalue weighted by Crippen LogP contribution is -2.54. The second kappa shape index (κ2) is 7.55. The molecule has 5 rings (SSSR count). The van der Waals surface area contributed by atoms with Gasteiger partial charge in [0.25, 0.3) is 11.8 Å². The Morgan fingerprint density at radius 2 is 1.74 bits per heavy atom. The number of carbonyl (C=O) groups is 4. The van der Waals surface area contributed by atoms with Crippen LogP contribution in [0, 0.1) is 11.3 Å². The molecule has 1 aliphatic carbocycles. The van der Waals surface area contributed by atoms with Gasteiger partial charge in [0.2, 0.25) is 11.8 Å². The zero-order chi connectivity index (χ0) is 21.8. The van der Waals surface area contributed by atoms with E-state index in [0.717, 1.165) is 23.6 Å².